The highest BCUT2D eigenvalue weighted by Crippen LogP contribution is 2.25. The Kier molecular flexibility index (Phi) is 1.02. The Bertz CT molecular complexity index is 229. The molecule has 0 bridgehead atoms. The molecule has 0 radical (unpaired) electrons. The number of H-pyrrole nitrogens is 1. The van der Waals surface area contributed by atoms with Crippen LogP contribution in [0.4, 0.5) is 0 Å². The lowest BCUT2D eigenvalue weighted by Crippen LogP contribution is -1.76. The number of hydrogen-bond acceptors (Lipinski definition) is 1. The van der Waals surface area contributed by atoms with Crippen molar-refractivity contribution in [1.29, 1.82) is 0 Å². The van der Waals surface area contributed by atoms with Gasteiger partial charge in [0.25, 0.3) is 0 Å². The van der Waals surface area contributed by atoms with Gasteiger partial charge in [-0.2, -0.15) is 5.10 Å². The highest BCUT2D eigenvalue weighted by molar-refractivity contribution is 6.30. The zero-order chi connectivity index (χ0) is 6.27. The van der Waals surface area contributed by atoms with Gasteiger partial charge in [-0.15, -0.1) is 0 Å². The molecule has 1 N–H and O–H groups in total. The van der Waals surface area contributed by atoms with Gasteiger partial charge in [0.1, 0.15) is 0 Å². The van der Waals surface area contributed by atoms with E-state index in [2.05, 4.69) is 10.2 Å². The molecule has 1 aliphatic rings. The lowest BCUT2D eigenvalue weighted by Gasteiger charge is -1.82. The number of hydrogen-bond donors (Lipinski definition) is 1. The maximum absolute atomic E-state index is 5.74. The maximum Gasteiger partial charge on any atom is 0.154 e. The quantitative estimate of drug-likeness (QED) is 0.585. The molecule has 0 spiro atoms. The predicted molar refractivity (Wildman–Crippen MR) is 35.6 cm³/mol. The van der Waals surface area contributed by atoms with E-state index in [1.54, 1.807) is 0 Å². The summed E-state index contributed by atoms with van der Waals surface area (Å²) in [6.07, 6.45) is 3.45. The summed E-state index contributed by atoms with van der Waals surface area (Å²) in [6.45, 7) is 0. The van der Waals surface area contributed by atoms with E-state index in [-0.39, 0.29) is 0 Å². The molecule has 0 aromatic carbocycles. The van der Waals surface area contributed by atoms with Crippen molar-refractivity contribution >= 4 is 11.6 Å². The topological polar surface area (TPSA) is 28.7 Å². The molecule has 0 aliphatic heterocycles. The van der Waals surface area contributed by atoms with Crippen LogP contribution in [0.2, 0.25) is 5.15 Å². The van der Waals surface area contributed by atoms with Gasteiger partial charge in [-0.1, -0.05) is 11.6 Å². The van der Waals surface area contributed by atoms with Crippen molar-refractivity contribution in [3.05, 3.63) is 16.4 Å². The Morgan fingerprint density at radius 3 is 3.11 bits per heavy atom. The van der Waals surface area contributed by atoms with E-state index in [4.69, 9.17) is 11.6 Å². The zero-order valence-electron chi connectivity index (χ0n) is 4.95. The molecule has 48 valence electrons. The van der Waals surface area contributed by atoms with E-state index in [0.717, 1.165) is 12.8 Å². The van der Waals surface area contributed by atoms with Crippen molar-refractivity contribution in [1.82, 2.24) is 10.2 Å². The molecule has 0 unspecified atom stereocenters. The predicted octanol–water partition coefficient (Wildman–Crippen LogP) is 1.55. The van der Waals surface area contributed by atoms with Gasteiger partial charge < -0.3 is 0 Å². The van der Waals surface area contributed by atoms with Crippen LogP contribution in [0.25, 0.3) is 0 Å². The minimum Gasteiger partial charge on any atom is -0.281 e. The summed E-state index contributed by atoms with van der Waals surface area (Å²) in [7, 11) is 0. The SMILES string of the molecule is Clc1n[nH]c2c1CCC2. The van der Waals surface area contributed by atoms with Crippen molar-refractivity contribution in [2.75, 3.05) is 0 Å². The average molecular weight is 143 g/mol. The largest absolute Gasteiger partial charge is 0.281 e. The van der Waals surface area contributed by atoms with Gasteiger partial charge in [0.2, 0.25) is 0 Å². The van der Waals surface area contributed by atoms with E-state index in [1.807, 2.05) is 0 Å². The number of nitrogens with one attached hydrogen (secondary N) is 1. The van der Waals surface area contributed by atoms with Crippen LogP contribution >= 0.6 is 11.6 Å². The molecular weight excluding hydrogens is 136 g/mol. The number of aromatic amines is 1. The normalized spacial score (nSPS) is 16.1. The van der Waals surface area contributed by atoms with Crippen molar-refractivity contribution in [3.8, 4) is 0 Å². The second kappa shape index (κ2) is 1.74. The van der Waals surface area contributed by atoms with Crippen LogP contribution in [-0.2, 0) is 12.8 Å². The molecule has 0 atom stereocenters. The van der Waals surface area contributed by atoms with E-state index < -0.39 is 0 Å². The molecule has 0 saturated carbocycles. The first-order chi connectivity index (χ1) is 4.38. The summed E-state index contributed by atoms with van der Waals surface area (Å²) in [5.74, 6) is 0. The van der Waals surface area contributed by atoms with E-state index >= 15 is 0 Å². The highest BCUT2D eigenvalue weighted by Gasteiger charge is 2.16. The molecule has 0 fully saturated rings. The van der Waals surface area contributed by atoms with Crippen LogP contribution in [-0.4, -0.2) is 10.2 Å². The Labute approximate surface area is 58.2 Å². The minimum absolute atomic E-state index is 0.669. The first kappa shape index (κ1) is 5.30. The fraction of sp³-hybridized carbons (Fsp3) is 0.500. The molecule has 1 aliphatic carbocycles. The Morgan fingerprint density at radius 2 is 2.33 bits per heavy atom. The number of aryl methyl sites for hydroxylation is 1. The molecule has 0 saturated heterocycles. The number of nitrogens with zero attached hydrogens (tertiary/aromatic N) is 1. The van der Waals surface area contributed by atoms with Gasteiger partial charge in [0.15, 0.2) is 5.15 Å². The lowest BCUT2D eigenvalue weighted by atomic mass is 10.3. The van der Waals surface area contributed by atoms with Gasteiger partial charge in [-0.05, 0) is 19.3 Å². The van der Waals surface area contributed by atoms with Crippen molar-refractivity contribution in [3.63, 3.8) is 0 Å². The molecule has 1 aromatic rings. The monoisotopic (exact) mass is 142 g/mol. The van der Waals surface area contributed by atoms with Gasteiger partial charge in [0.05, 0.1) is 0 Å². The third kappa shape index (κ3) is 0.663. The number of aromatic nitrogens is 2. The van der Waals surface area contributed by atoms with Crippen molar-refractivity contribution < 1.29 is 0 Å². The second-order valence-corrected chi connectivity index (χ2v) is 2.68. The number of rotatable bonds is 0. The van der Waals surface area contributed by atoms with Crippen LogP contribution in [0.1, 0.15) is 17.7 Å². The summed E-state index contributed by atoms with van der Waals surface area (Å²) < 4.78 is 0. The summed E-state index contributed by atoms with van der Waals surface area (Å²) >= 11 is 5.74. The number of halogens is 1. The molecule has 1 aromatic heterocycles. The van der Waals surface area contributed by atoms with Crippen LogP contribution in [0.15, 0.2) is 0 Å². The fourth-order valence-corrected chi connectivity index (χ4v) is 1.53. The van der Waals surface area contributed by atoms with Gasteiger partial charge in [-0.25, -0.2) is 0 Å². The Morgan fingerprint density at radius 1 is 1.44 bits per heavy atom. The standard InChI is InChI=1S/C6H7ClN2/c7-6-4-2-1-3-5(4)8-9-6/h1-3H2,(H,8,9). The van der Waals surface area contributed by atoms with Gasteiger partial charge >= 0.3 is 0 Å². The van der Waals surface area contributed by atoms with E-state index in [9.17, 15) is 0 Å². The van der Waals surface area contributed by atoms with E-state index in [0.29, 0.717) is 5.15 Å². The highest BCUT2D eigenvalue weighted by atomic mass is 35.5. The summed E-state index contributed by atoms with van der Waals surface area (Å²) in [6, 6.07) is 0. The smallest absolute Gasteiger partial charge is 0.154 e. The first-order valence-corrected chi connectivity index (χ1v) is 3.47. The van der Waals surface area contributed by atoms with Gasteiger partial charge in [-0.3, -0.25) is 5.10 Å². The van der Waals surface area contributed by atoms with Crippen molar-refractivity contribution in [2.45, 2.75) is 19.3 Å². The Balaban J connectivity index is 2.56. The molecular formula is C6H7ClN2. The third-order valence-electron chi connectivity index (χ3n) is 1.76. The van der Waals surface area contributed by atoms with Crippen LogP contribution in [0, 0.1) is 0 Å². The molecule has 9 heavy (non-hydrogen) atoms. The fourth-order valence-electron chi connectivity index (χ4n) is 1.28. The van der Waals surface area contributed by atoms with Gasteiger partial charge in [0, 0.05) is 11.3 Å². The summed E-state index contributed by atoms with van der Waals surface area (Å²) in [5.41, 5.74) is 2.47. The summed E-state index contributed by atoms with van der Waals surface area (Å²) in [5, 5.41) is 7.45. The zero-order valence-corrected chi connectivity index (χ0v) is 5.70. The van der Waals surface area contributed by atoms with E-state index in [1.165, 1.54) is 17.7 Å². The summed E-state index contributed by atoms with van der Waals surface area (Å²) in [4.78, 5) is 0. The second-order valence-electron chi connectivity index (χ2n) is 2.33. The molecule has 0 amide bonds. The minimum atomic E-state index is 0.669. The molecule has 1 heterocycles. The number of fused-ring (bicyclic) bond motifs is 1. The molecule has 2 rings (SSSR count). The van der Waals surface area contributed by atoms with Crippen molar-refractivity contribution in [2.24, 2.45) is 0 Å². The van der Waals surface area contributed by atoms with Crippen LogP contribution in [0.5, 0.6) is 0 Å². The lowest BCUT2D eigenvalue weighted by molar-refractivity contribution is 0.865. The Hall–Kier alpha value is -0.500. The maximum atomic E-state index is 5.74. The van der Waals surface area contributed by atoms with Crippen LogP contribution < -0.4 is 0 Å². The molecule has 2 nitrogen and oxygen atoms in total. The average Bonchev–Trinajstić information content (AvgIpc) is 2.35. The van der Waals surface area contributed by atoms with Crippen LogP contribution in [0.3, 0.4) is 0 Å². The molecule has 3 heteroatoms. The third-order valence-corrected chi connectivity index (χ3v) is 2.07. The first-order valence-electron chi connectivity index (χ1n) is 3.09.